The summed E-state index contributed by atoms with van der Waals surface area (Å²) in [4.78, 5) is 12.4. The summed E-state index contributed by atoms with van der Waals surface area (Å²) < 4.78 is 10.6. The van der Waals surface area contributed by atoms with Crippen LogP contribution in [-0.4, -0.2) is 43.5 Å². The molecular formula is C23H30ClNO4. The minimum absolute atomic E-state index is 0.0933. The Bertz CT molecular complexity index is 781. The van der Waals surface area contributed by atoms with E-state index < -0.39 is 5.41 Å². The van der Waals surface area contributed by atoms with Gasteiger partial charge in [-0.15, -0.1) is 0 Å². The Morgan fingerprint density at radius 3 is 2.55 bits per heavy atom. The number of halogens is 1. The van der Waals surface area contributed by atoms with Gasteiger partial charge >= 0.3 is 5.97 Å². The van der Waals surface area contributed by atoms with Crippen LogP contribution in [-0.2, 0) is 20.7 Å². The molecule has 2 aromatic carbocycles. The Kier molecular flexibility index (Phi) is 9.11. The third-order valence-corrected chi connectivity index (χ3v) is 4.98. The molecule has 29 heavy (non-hydrogen) atoms. The van der Waals surface area contributed by atoms with E-state index in [0.29, 0.717) is 24.5 Å². The van der Waals surface area contributed by atoms with Crippen LogP contribution in [0, 0.1) is 5.41 Å². The molecule has 2 rings (SSSR count). The maximum Gasteiger partial charge on any atom is 0.314 e. The molecular weight excluding hydrogens is 390 g/mol. The molecule has 0 fully saturated rings. The average Bonchev–Trinajstić information content (AvgIpc) is 2.69. The van der Waals surface area contributed by atoms with Gasteiger partial charge in [0, 0.05) is 11.1 Å². The number of hydrogen-bond donors (Lipinski definition) is 2. The van der Waals surface area contributed by atoms with Crippen molar-refractivity contribution in [3.8, 4) is 11.1 Å². The van der Waals surface area contributed by atoms with Crippen LogP contribution >= 0.6 is 11.6 Å². The van der Waals surface area contributed by atoms with E-state index in [0.717, 1.165) is 16.7 Å². The zero-order valence-corrected chi connectivity index (χ0v) is 17.8. The van der Waals surface area contributed by atoms with E-state index in [1.807, 2.05) is 48.5 Å². The normalized spacial score (nSPS) is 14.2. The van der Waals surface area contributed by atoms with Gasteiger partial charge in [-0.25, -0.2) is 0 Å². The molecule has 3 N–H and O–H groups in total. The molecule has 0 aliphatic carbocycles. The van der Waals surface area contributed by atoms with Crippen LogP contribution in [0.15, 0.2) is 48.5 Å². The first kappa shape index (κ1) is 23.4. The summed E-state index contributed by atoms with van der Waals surface area (Å²) >= 11 is 6.07. The fourth-order valence-corrected chi connectivity index (χ4v) is 3.51. The monoisotopic (exact) mass is 419 g/mol. The third kappa shape index (κ3) is 7.12. The van der Waals surface area contributed by atoms with Crippen LogP contribution < -0.4 is 5.73 Å². The van der Waals surface area contributed by atoms with Gasteiger partial charge in [-0.1, -0.05) is 48.0 Å². The summed E-state index contributed by atoms with van der Waals surface area (Å²) in [5.74, 6) is -0.329. The SMILES string of the molecule is CCOC(=O)C(C)(COCCO)C[C@H](N)Cc1ccc(-c2cccc(Cl)c2)cc1. The highest BCUT2D eigenvalue weighted by Gasteiger charge is 2.37. The van der Waals surface area contributed by atoms with E-state index in [9.17, 15) is 4.79 Å². The number of carbonyl (C=O) groups excluding carboxylic acids is 1. The van der Waals surface area contributed by atoms with Crippen molar-refractivity contribution in [2.75, 3.05) is 26.4 Å². The standard InChI is InChI=1S/C23H30ClNO4/c1-3-29-22(27)23(2,16-28-12-11-26)15-21(25)13-17-7-9-18(10-8-17)19-5-4-6-20(24)14-19/h4-10,14,21,26H,3,11-13,15-16,25H2,1-2H3/t21-,23?/m1/s1. The minimum atomic E-state index is -0.856. The highest BCUT2D eigenvalue weighted by molar-refractivity contribution is 6.30. The van der Waals surface area contributed by atoms with Crippen molar-refractivity contribution in [1.82, 2.24) is 0 Å². The molecule has 6 heteroatoms. The lowest BCUT2D eigenvalue weighted by atomic mass is 9.82. The molecule has 0 spiro atoms. The molecule has 0 saturated heterocycles. The molecule has 0 bridgehead atoms. The molecule has 0 saturated carbocycles. The Morgan fingerprint density at radius 1 is 1.21 bits per heavy atom. The number of hydrogen-bond acceptors (Lipinski definition) is 5. The Morgan fingerprint density at radius 2 is 1.93 bits per heavy atom. The average molecular weight is 420 g/mol. The number of esters is 1. The minimum Gasteiger partial charge on any atom is -0.466 e. The molecule has 1 unspecified atom stereocenters. The van der Waals surface area contributed by atoms with Crippen molar-refractivity contribution in [3.05, 3.63) is 59.1 Å². The number of ether oxygens (including phenoxy) is 2. The quantitative estimate of drug-likeness (QED) is 0.427. The van der Waals surface area contributed by atoms with Gasteiger partial charge in [0.05, 0.1) is 31.8 Å². The Labute approximate surface area is 177 Å². The van der Waals surface area contributed by atoms with Gasteiger partial charge in [-0.3, -0.25) is 4.79 Å². The number of carbonyl (C=O) groups is 1. The molecule has 5 nitrogen and oxygen atoms in total. The van der Waals surface area contributed by atoms with E-state index in [2.05, 4.69) is 0 Å². The summed E-state index contributed by atoms with van der Waals surface area (Å²) in [6.45, 7) is 4.11. The number of rotatable bonds is 11. The number of benzene rings is 2. The van der Waals surface area contributed by atoms with Crippen LogP contribution in [0.25, 0.3) is 11.1 Å². The van der Waals surface area contributed by atoms with Crippen molar-refractivity contribution < 1.29 is 19.4 Å². The molecule has 0 radical (unpaired) electrons. The lowest BCUT2D eigenvalue weighted by Crippen LogP contribution is -2.41. The van der Waals surface area contributed by atoms with Crippen LogP contribution in [0.1, 0.15) is 25.8 Å². The summed E-state index contributed by atoms with van der Waals surface area (Å²) in [6.07, 6.45) is 1.05. The summed E-state index contributed by atoms with van der Waals surface area (Å²) in [7, 11) is 0. The summed E-state index contributed by atoms with van der Waals surface area (Å²) in [6, 6.07) is 15.7. The van der Waals surface area contributed by atoms with Crippen molar-refractivity contribution in [2.45, 2.75) is 32.7 Å². The van der Waals surface area contributed by atoms with E-state index in [4.69, 9.17) is 31.9 Å². The first-order valence-electron chi connectivity index (χ1n) is 9.84. The third-order valence-electron chi connectivity index (χ3n) is 4.75. The first-order valence-corrected chi connectivity index (χ1v) is 10.2. The van der Waals surface area contributed by atoms with E-state index in [-0.39, 0.29) is 31.8 Å². The van der Waals surface area contributed by atoms with Crippen LogP contribution in [0.2, 0.25) is 5.02 Å². The molecule has 2 atom stereocenters. The Hall–Kier alpha value is -1.92. The van der Waals surface area contributed by atoms with E-state index >= 15 is 0 Å². The van der Waals surface area contributed by atoms with Crippen LogP contribution in [0.5, 0.6) is 0 Å². The molecule has 0 amide bonds. The smallest absolute Gasteiger partial charge is 0.314 e. The van der Waals surface area contributed by atoms with Gasteiger partial charge in [-0.2, -0.15) is 0 Å². The fraction of sp³-hybridized carbons (Fsp3) is 0.435. The van der Waals surface area contributed by atoms with Crippen molar-refractivity contribution in [1.29, 1.82) is 0 Å². The van der Waals surface area contributed by atoms with Crippen LogP contribution in [0.3, 0.4) is 0 Å². The molecule has 2 aromatic rings. The first-order chi connectivity index (χ1) is 13.9. The summed E-state index contributed by atoms with van der Waals surface area (Å²) in [5.41, 5.74) is 8.74. The second-order valence-corrected chi connectivity index (χ2v) is 7.87. The molecule has 0 aromatic heterocycles. The number of aliphatic hydroxyl groups excluding tert-OH is 1. The lowest BCUT2D eigenvalue weighted by Gasteiger charge is -2.29. The van der Waals surface area contributed by atoms with Gasteiger partial charge in [-0.05, 0) is 55.5 Å². The second-order valence-electron chi connectivity index (χ2n) is 7.43. The highest BCUT2D eigenvalue weighted by Crippen LogP contribution is 2.28. The van der Waals surface area contributed by atoms with Gasteiger partial charge in [0.1, 0.15) is 0 Å². The molecule has 158 valence electrons. The van der Waals surface area contributed by atoms with Gasteiger partial charge < -0.3 is 20.3 Å². The fourth-order valence-electron chi connectivity index (χ4n) is 3.32. The maximum absolute atomic E-state index is 12.4. The predicted molar refractivity (Wildman–Crippen MR) is 116 cm³/mol. The van der Waals surface area contributed by atoms with Gasteiger partial charge in [0.15, 0.2) is 0 Å². The Balaban J connectivity index is 2.03. The van der Waals surface area contributed by atoms with Crippen molar-refractivity contribution in [3.63, 3.8) is 0 Å². The van der Waals surface area contributed by atoms with Gasteiger partial charge in [0.2, 0.25) is 0 Å². The summed E-state index contributed by atoms with van der Waals surface area (Å²) in [5, 5.41) is 9.63. The number of nitrogens with two attached hydrogens (primary N) is 1. The maximum atomic E-state index is 12.4. The largest absolute Gasteiger partial charge is 0.466 e. The highest BCUT2D eigenvalue weighted by atomic mass is 35.5. The van der Waals surface area contributed by atoms with E-state index in [1.54, 1.807) is 13.8 Å². The van der Waals surface area contributed by atoms with Gasteiger partial charge in [0.25, 0.3) is 0 Å². The lowest BCUT2D eigenvalue weighted by molar-refractivity contribution is -0.159. The zero-order valence-electron chi connectivity index (χ0n) is 17.1. The van der Waals surface area contributed by atoms with Crippen LogP contribution in [0.4, 0.5) is 0 Å². The second kappa shape index (κ2) is 11.3. The van der Waals surface area contributed by atoms with Crippen molar-refractivity contribution >= 4 is 17.6 Å². The zero-order chi connectivity index (χ0) is 21.3. The molecule has 0 aliphatic heterocycles. The molecule has 0 aliphatic rings. The topological polar surface area (TPSA) is 81.8 Å². The molecule has 0 heterocycles. The predicted octanol–water partition coefficient (Wildman–Crippen LogP) is 3.85. The van der Waals surface area contributed by atoms with E-state index in [1.165, 1.54) is 0 Å². The van der Waals surface area contributed by atoms with Crippen molar-refractivity contribution in [2.24, 2.45) is 11.1 Å². The number of aliphatic hydroxyl groups is 1.